The highest BCUT2D eigenvalue weighted by atomic mass is 79.9. The standard InChI is InChI=1S/C12H17BrN2O4/c1-5-15-10(7(3)13)14-8(12(17)19-6-2)9(18-4)11(15)16/h7H,5-6H2,1-4H3. The van der Waals surface area contributed by atoms with Crippen molar-refractivity contribution in [3.05, 3.63) is 21.9 Å². The van der Waals surface area contributed by atoms with Gasteiger partial charge in [-0.3, -0.25) is 9.36 Å². The van der Waals surface area contributed by atoms with Crippen molar-refractivity contribution >= 4 is 21.9 Å². The van der Waals surface area contributed by atoms with Crippen LogP contribution in [0.15, 0.2) is 4.79 Å². The average Bonchev–Trinajstić information content (AvgIpc) is 2.37. The summed E-state index contributed by atoms with van der Waals surface area (Å²) in [4.78, 5) is 28.1. The van der Waals surface area contributed by atoms with Crippen LogP contribution in [0, 0.1) is 0 Å². The lowest BCUT2D eigenvalue weighted by molar-refractivity contribution is 0.0514. The Balaban J connectivity index is 3.55. The molecule has 6 nitrogen and oxygen atoms in total. The second-order valence-corrected chi connectivity index (χ2v) is 5.11. The van der Waals surface area contributed by atoms with Crippen molar-refractivity contribution in [2.24, 2.45) is 0 Å². The van der Waals surface area contributed by atoms with Crippen molar-refractivity contribution in [1.29, 1.82) is 0 Å². The largest absolute Gasteiger partial charge is 0.489 e. The van der Waals surface area contributed by atoms with E-state index in [9.17, 15) is 9.59 Å². The summed E-state index contributed by atoms with van der Waals surface area (Å²) in [5, 5.41) is 0. The monoisotopic (exact) mass is 332 g/mol. The fourth-order valence-corrected chi connectivity index (χ4v) is 2.03. The van der Waals surface area contributed by atoms with Crippen LogP contribution in [0.3, 0.4) is 0 Å². The highest BCUT2D eigenvalue weighted by Gasteiger charge is 2.24. The fourth-order valence-electron chi connectivity index (χ4n) is 1.68. The highest BCUT2D eigenvalue weighted by Crippen LogP contribution is 2.22. The number of hydrogen-bond acceptors (Lipinski definition) is 5. The van der Waals surface area contributed by atoms with Gasteiger partial charge in [0.1, 0.15) is 5.82 Å². The number of esters is 1. The first-order valence-corrected chi connectivity index (χ1v) is 6.89. The Bertz CT molecular complexity index is 525. The molecule has 0 fully saturated rings. The van der Waals surface area contributed by atoms with Crippen molar-refractivity contribution in [3.63, 3.8) is 0 Å². The third kappa shape index (κ3) is 3.15. The Morgan fingerprint density at radius 1 is 1.47 bits per heavy atom. The molecular formula is C12H17BrN2O4. The number of carbonyl (C=O) groups excluding carboxylic acids is 1. The molecular weight excluding hydrogens is 316 g/mol. The minimum Gasteiger partial charge on any atom is -0.489 e. The van der Waals surface area contributed by atoms with E-state index in [1.54, 1.807) is 6.92 Å². The van der Waals surface area contributed by atoms with Crippen molar-refractivity contribution in [2.75, 3.05) is 13.7 Å². The maximum absolute atomic E-state index is 12.3. The zero-order valence-electron chi connectivity index (χ0n) is 11.4. The SMILES string of the molecule is CCOC(=O)c1nc(C(C)Br)n(CC)c(=O)c1OC. The average molecular weight is 333 g/mol. The molecule has 0 aliphatic carbocycles. The number of aromatic nitrogens is 2. The summed E-state index contributed by atoms with van der Waals surface area (Å²) < 4.78 is 11.4. The lowest BCUT2D eigenvalue weighted by Crippen LogP contribution is -2.29. The minimum atomic E-state index is -0.658. The smallest absolute Gasteiger partial charge is 0.361 e. The molecule has 0 N–H and O–H groups in total. The van der Waals surface area contributed by atoms with E-state index in [-0.39, 0.29) is 28.4 Å². The van der Waals surface area contributed by atoms with Crippen LogP contribution in [0.2, 0.25) is 0 Å². The number of alkyl halides is 1. The van der Waals surface area contributed by atoms with E-state index in [0.717, 1.165) is 0 Å². The fraction of sp³-hybridized carbons (Fsp3) is 0.583. The number of nitrogens with zero attached hydrogens (tertiary/aromatic N) is 2. The maximum atomic E-state index is 12.3. The summed E-state index contributed by atoms with van der Waals surface area (Å²) in [5.41, 5.74) is -0.468. The maximum Gasteiger partial charge on any atom is 0.361 e. The van der Waals surface area contributed by atoms with Crippen LogP contribution >= 0.6 is 15.9 Å². The molecule has 106 valence electrons. The molecule has 1 aromatic rings. The topological polar surface area (TPSA) is 70.4 Å². The summed E-state index contributed by atoms with van der Waals surface area (Å²) in [6.45, 7) is 5.99. The molecule has 0 bridgehead atoms. The first-order chi connectivity index (χ1) is 8.97. The molecule has 0 amide bonds. The first-order valence-electron chi connectivity index (χ1n) is 5.97. The molecule has 1 aromatic heterocycles. The van der Waals surface area contributed by atoms with Gasteiger partial charge in [0.25, 0.3) is 5.56 Å². The molecule has 0 saturated heterocycles. The predicted octanol–water partition coefficient (Wildman–Crippen LogP) is 1.90. The molecule has 1 unspecified atom stereocenters. The Morgan fingerprint density at radius 3 is 2.53 bits per heavy atom. The molecule has 1 heterocycles. The molecule has 0 aliphatic heterocycles. The van der Waals surface area contributed by atoms with Gasteiger partial charge in [0.05, 0.1) is 18.5 Å². The van der Waals surface area contributed by atoms with Crippen molar-refractivity contribution in [1.82, 2.24) is 9.55 Å². The Labute approximate surface area is 119 Å². The van der Waals surface area contributed by atoms with Gasteiger partial charge in [-0.2, -0.15) is 0 Å². The van der Waals surface area contributed by atoms with Gasteiger partial charge in [-0.15, -0.1) is 0 Å². The molecule has 1 atom stereocenters. The third-order valence-corrected chi connectivity index (χ3v) is 2.91. The van der Waals surface area contributed by atoms with Crippen LogP contribution in [0.25, 0.3) is 0 Å². The summed E-state index contributed by atoms with van der Waals surface area (Å²) in [7, 11) is 1.33. The third-order valence-electron chi connectivity index (χ3n) is 2.50. The predicted molar refractivity (Wildman–Crippen MR) is 74.0 cm³/mol. The summed E-state index contributed by atoms with van der Waals surface area (Å²) in [6, 6.07) is 0. The quantitative estimate of drug-likeness (QED) is 0.608. The summed E-state index contributed by atoms with van der Waals surface area (Å²) >= 11 is 3.36. The van der Waals surface area contributed by atoms with E-state index < -0.39 is 5.97 Å². The molecule has 0 aliphatic rings. The zero-order chi connectivity index (χ0) is 14.6. The Hall–Kier alpha value is -1.37. The van der Waals surface area contributed by atoms with Crippen LogP contribution < -0.4 is 10.3 Å². The van der Waals surface area contributed by atoms with E-state index in [1.165, 1.54) is 11.7 Å². The lowest BCUT2D eigenvalue weighted by atomic mass is 10.3. The number of rotatable bonds is 5. The van der Waals surface area contributed by atoms with Gasteiger partial charge in [0.2, 0.25) is 5.75 Å². The van der Waals surface area contributed by atoms with Gasteiger partial charge < -0.3 is 9.47 Å². The van der Waals surface area contributed by atoms with Crippen LogP contribution in [-0.2, 0) is 11.3 Å². The van der Waals surface area contributed by atoms with Crippen molar-refractivity contribution in [3.8, 4) is 5.75 Å². The second-order valence-electron chi connectivity index (χ2n) is 3.74. The van der Waals surface area contributed by atoms with Crippen LogP contribution in [0.4, 0.5) is 0 Å². The second kappa shape index (κ2) is 6.70. The highest BCUT2D eigenvalue weighted by molar-refractivity contribution is 9.09. The van der Waals surface area contributed by atoms with Gasteiger partial charge in [-0.25, -0.2) is 9.78 Å². The first kappa shape index (κ1) is 15.7. The van der Waals surface area contributed by atoms with Gasteiger partial charge in [0, 0.05) is 6.54 Å². The summed E-state index contributed by atoms with van der Waals surface area (Å²) in [5.74, 6) is -0.275. The van der Waals surface area contributed by atoms with Gasteiger partial charge >= 0.3 is 5.97 Å². The van der Waals surface area contributed by atoms with E-state index in [1.807, 2.05) is 13.8 Å². The molecule has 0 spiro atoms. The minimum absolute atomic E-state index is 0.0830. The van der Waals surface area contributed by atoms with Crippen molar-refractivity contribution < 1.29 is 14.3 Å². The van der Waals surface area contributed by atoms with Crippen molar-refractivity contribution in [2.45, 2.75) is 32.1 Å². The van der Waals surface area contributed by atoms with Crippen LogP contribution in [-0.4, -0.2) is 29.2 Å². The van der Waals surface area contributed by atoms with Gasteiger partial charge in [-0.1, -0.05) is 15.9 Å². The molecule has 0 saturated carbocycles. The van der Waals surface area contributed by atoms with Crippen LogP contribution in [0.5, 0.6) is 5.75 Å². The normalized spacial score (nSPS) is 12.1. The van der Waals surface area contributed by atoms with Crippen LogP contribution in [0.1, 0.15) is 41.9 Å². The molecule has 1 rings (SSSR count). The van der Waals surface area contributed by atoms with E-state index >= 15 is 0 Å². The molecule has 0 aromatic carbocycles. The zero-order valence-corrected chi connectivity index (χ0v) is 13.0. The van der Waals surface area contributed by atoms with E-state index in [4.69, 9.17) is 9.47 Å². The lowest BCUT2D eigenvalue weighted by Gasteiger charge is -2.15. The number of carbonyl (C=O) groups is 1. The Kier molecular flexibility index (Phi) is 5.53. The molecule has 0 radical (unpaired) electrons. The molecule has 7 heteroatoms. The summed E-state index contributed by atoms with van der Waals surface area (Å²) in [6.07, 6.45) is 0. The van der Waals surface area contributed by atoms with Gasteiger partial charge in [0.15, 0.2) is 5.69 Å². The number of halogens is 1. The Morgan fingerprint density at radius 2 is 2.11 bits per heavy atom. The number of hydrogen-bond donors (Lipinski definition) is 0. The van der Waals surface area contributed by atoms with E-state index in [0.29, 0.717) is 12.4 Å². The number of methoxy groups -OCH3 is 1. The molecule has 19 heavy (non-hydrogen) atoms. The van der Waals surface area contributed by atoms with E-state index in [2.05, 4.69) is 20.9 Å². The number of ether oxygens (including phenoxy) is 2. The van der Waals surface area contributed by atoms with Gasteiger partial charge in [-0.05, 0) is 20.8 Å².